The molecule has 1 fully saturated rings. The van der Waals surface area contributed by atoms with Gasteiger partial charge in [-0.1, -0.05) is 6.07 Å². The number of anilines is 1. The van der Waals surface area contributed by atoms with Crippen LogP contribution in [0.3, 0.4) is 0 Å². The van der Waals surface area contributed by atoms with Crippen LogP contribution in [0.1, 0.15) is 12.8 Å². The monoisotopic (exact) mass is 424 g/mol. The van der Waals surface area contributed by atoms with Gasteiger partial charge in [0, 0.05) is 31.0 Å². The number of likely N-dealkylation sites (tertiary alicyclic amines) is 1. The summed E-state index contributed by atoms with van der Waals surface area (Å²) in [5.74, 6) is 2.68. The van der Waals surface area contributed by atoms with Gasteiger partial charge in [-0.05, 0) is 50.0 Å². The smallest absolute Gasteiger partial charge is 0.230 e. The van der Waals surface area contributed by atoms with Gasteiger partial charge in [-0.3, -0.25) is 4.90 Å². The lowest BCUT2D eigenvalue weighted by Gasteiger charge is -2.30. The highest BCUT2D eigenvalue weighted by Crippen LogP contribution is 2.36. The molecular formula is C23H28N4O4. The van der Waals surface area contributed by atoms with E-state index in [4.69, 9.17) is 19.9 Å². The van der Waals surface area contributed by atoms with Crippen LogP contribution in [-0.4, -0.2) is 59.9 Å². The summed E-state index contributed by atoms with van der Waals surface area (Å²) in [7, 11) is 1.61. The predicted molar refractivity (Wildman–Crippen MR) is 119 cm³/mol. The molecule has 8 heteroatoms. The Hall–Kier alpha value is -3.10. The average Bonchev–Trinajstić information content (AvgIpc) is 2.79. The third-order valence-corrected chi connectivity index (χ3v) is 5.59. The van der Waals surface area contributed by atoms with Crippen LogP contribution in [0, 0.1) is 5.92 Å². The molecule has 4 rings (SSSR count). The number of rotatable bonds is 8. The van der Waals surface area contributed by atoms with Gasteiger partial charge in [0.05, 0.1) is 18.0 Å². The number of ether oxygens (including phenoxy) is 3. The van der Waals surface area contributed by atoms with E-state index in [1.807, 2.05) is 24.3 Å². The second kappa shape index (κ2) is 9.80. The van der Waals surface area contributed by atoms with Crippen molar-refractivity contribution in [3.63, 3.8) is 0 Å². The third-order valence-electron chi connectivity index (χ3n) is 5.59. The minimum atomic E-state index is 0.278. The van der Waals surface area contributed by atoms with Crippen LogP contribution in [0.15, 0.2) is 42.7 Å². The molecular weight excluding hydrogens is 396 g/mol. The molecule has 0 radical (unpaired) electrons. The fraction of sp³-hybridized carbons (Fsp3) is 0.391. The van der Waals surface area contributed by atoms with E-state index in [1.54, 1.807) is 19.2 Å². The fourth-order valence-electron chi connectivity index (χ4n) is 3.76. The summed E-state index contributed by atoms with van der Waals surface area (Å²) in [6, 6.07) is 10.9. The molecule has 0 saturated carbocycles. The van der Waals surface area contributed by atoms with Crippen LogP contribution in [-0.2, 0) is 0 Å². The van der Waals surface area contributed by atoms with Crippen LogP contribution in [0.4, 0.5) is 5.69 Å². The van der Waals surface area contributed by atoms with E-state index in [2.05, 4.69) is 14.9 Å². The molecule has 0 amide bonds. The lowest BCUT2D eigenvalue weighted by atomic mass is 9.98. The van der Waals surface area contributed by atoms with E-state index < -0.39 is 0 Å². The normalized spacial score (nSPS) is 15.2. The number of nitrogens with zero attached hydrogens (tertiary/aromatic N) is 3. The average molecular weight is 425 g/mol. The molecule has 0 aliphatic carbocycles. The number of fused-ring (bicyclic) bond motifs is 1. The first kappa shape index (κ1) is 21.1. The predicted octanol–water partition coefficient (Wildman–Crippen LogP) is 3.10. The fourth-order valence-corrected chi connectivity index (χ4v) is 3.76. The molecule has 1 aliphatic rings. The van der Waals surface area contributed by atoms with E-state index >= 15 is 0 Å². The van der Waals surface area contributed by atoms with Gasteiger partial charge in [0.1, 0.15) is 18.7 Å². The standard InChI is InChI=1S/C23H28N4O4/c1-29-21-13-20-19(23(26-15-25-20)31-18-4-2-3-17(24)11-18)12-22(21)30-10-9-27-7-5-16(14-28)6-8-27/h2-4,11-13,15-16,28H,5-10,14,24H2,1H3. The minimum Gasteiger partial charge on any atom is -0.493 e. The zero-order chi connectivity index (χ0) is 21.6. The van der Waals surface area contributed by atoms with Gasteiger partial charge in [0.15, 0.2) is 11.5 Å². The maximum Gasteiger partial charge on any atom is 0.230 e. The number of nitrogen functional groups attached to an aromatic ring is 1. The molecule has 0 bridgehead atoms. The topological polar surface area (TPSA) is 103 Å². The van der Waals surface area contributed by atoms with E-state index in [0.29, 0.717) is 46.9 Å². The molecule has 0 atom stereocenters. The molecule has 8 nitrogen and oxygen atoms in total. The van der Waals surface area contributed by atoms with Gasteiger partial charge < -0.3 is 25.1 Å². The summed E-state index contributed by atoms with van der Waals surface area (Å²) < 4.78 is 17.5. The Morgan fingerprint density at radius 2 is 1.97 bits per heavy atom. The highest BCUT2D eigenvalue weighted by Gasteiger charge is 2.19. The Balaban J connectivity index is 1.50. The van der Waals surface area contributed by atoms with Crippen molar-refractivity contribution in [1.29, 1.82) is 0 Å². The van der Waals surface area contributed by atoms with Crippen LogP contribution >= 0.6 is 0 Å². The molecule has 1 aliphatic heterocycles. The lowest BCUT2D eigenvalue weighted by molar-refractivity contribution is 0.118. The summed E-state index contributed by atoms with van der Waals surface area (Å²) in [5.41, 5.74) is 7.17. The summed E-state index contributed by atoms with van der Waals surface area (Å²) in [4.78, 5) is 11.0. The third kappa shape index (κ3) is 5.15. The van der Waals surface area contributed by atoms with Gasteiger partial charge in [-0.25, -0.2) is 9.97 Å². The second-order valence-electron chi connectivity index (χ2n) is 7.69. The number of aliphatic hydroxyl groups excluding tert-OH is 1. The molecule has 1 aromatic heterocycles. The number of aliphatic hydroxyl groups is 1. The van der Waals surface area contributed by atoms with Gasteiger partial charge >= 0.3 is 0 Å². The van der Waals surface area contributed by atoms with Crippen molar-refractivity contribution in [2.75, 3.05) is 45.7 Å². The van der Waals surface area contributed by atoms with E-state index in [9.17, 15) is 5.11 Å². The van der Waals surface area contributed by atoms with Crippen molar-refractivity contribution in [3.8, 4) is 23.1 Å². The summed E-state index contributed by atoms with van der Waals surface area (Å²) in [5, 5.41) is 10.0. The van der Waals surface area contributed by atoms with E-state index in [1.165, 1.54) is 6.33 Å². The first-order valence-electron chi connectivity index (χ1n) is 10.5. The van der Waals surface area contributed by atoms with Crippen molar-refractivity contribution in [3.05, 3.63) is 42.7 Å². The molecule has 0 unspecified atom stereocenters. The Morgan fingerprint density at radius 3 is 2.71 bits per heavy atom. The van der Waals surface area contributed by atoms with Crippen LogP contribution < -0.4 is 19.9 Å². The quantitative estimate of drug-likeness (QED) is 0.532. The largest absolute Gasteiger partial charge is 0.493 e. The molecule has 2 aromatic carbocycles. The van der Waals surface area contributed by atoms with Crippen molar-refractivity contribution < 1.29 is 19.3 Å². The van der Waals surface area contributed by atoms with Crippen molar-refractivity contribution >= 4 is 16.6 Å². The van der Waals surface area contributed by atoms with E-state index in [0.717, 1.165) is 37.9 Å². The zero-order valence-corrected chi connectivity index (χ0v) is 17.7. The number of nitrogens with two attached hydrogens (primary N) is 1. The number of piperidine rings is 1. The lowest BCUT2D eigenvalue weighted by Crippen LogP contribution is -2.37. The van der Waals surface area contributed by atoms with Gasteiger partial charge in [0.25, 0.3) is 0 Å². The highest BCUT2D eigenvalue weighted by atomic mass is 16.5. The number of benzene rings is 2. The summed E-state index contributed by atoms with van der Waals surface area (Å²) >= 11 is 0. The van der Waals surface area contributed by atoms with Crippen molar-refractivity contribution in [2.45, 2.75) is 12.8 Å². The second-order valence-corrected chi connectivity index (χ2v) is 7.69. The Morgan fingerprint density at radius 1 is 1.13 bits per heavy atom. The van der Waals surface area contributed by atoms with Gasteiger partial charge in [-0.15, -0.1) is 0 Å². The maximum absolute atomic E-state index is 9.29. The van der Waals surface area contributed by atoms with Crippen molar-refractivity contribution in [1.82, 2.24) is 14.9 Å². The SMILES string of the molecule is COc1cc2ncnc(Oc3cccc(N)c3)c2cc1OCCN1CCC(CO)CC1. The van der Waals surface area contributed by atoms with Crippen LogP contribution in [0.5, 0.6) is 23.1 Å². The van der Waals surface area contributed by atoms with Gasteiger partial charge in [-0.2, -0.15) is 0 Å². The highest BCUT2D eigenvalue weighted by molar-refractivity contribution is 5.87. The maximum atomic E-state index is 9.29. The number of hydrogen-bond donors (Lipinski definition) is 2. The number of methoxy groups -OCH3 is 1. The van der Waals surface area contributed by atoms with E-state index in [-0.39, 0.29) is 6.61 Å². The molecule has 3 N–H and O–H groups in total. The first-order valence-corrected chi connectivity index (χ1v) is 10.5. The summed E-state index contributed by atoms with van der Waals surface area (Å²) in [6.45, 7) is 3.59. The molecule has 164 valence electrons. The molecule has 2 heterocycles. The molecule has 0 spiro atoms. The molecule has 1 saturated heterocycles. The Kier molecular flexibility index (Phi) is 6.69. The van der Waals surface area contributed by atoms with Gasteiger partial charge in [0.2, 0.25) is 5.88 Å². The Bertz CT molecular complexity index is 1020. The minimum absolute atomic E-state index is 0.278. The van der Waals surface area contributed by atoms with Crippen molar-refractivity contribution in [2.24, 2.45) is 5.92 Å². The molecule has 3 aromatic rings. The van der Waals surface area contributed by atoms with Crippen LogP contribution in [0.2, 0.25) is 0 Å². The molecule has 31 heavy (non-hydrogen) atoms. The zero-order valence-electron chi connectivity index (χ0n) is 17.7. The Labute approximate surface area is 181 Å². The van der Waals surface area contributed by atoms with Crippen LogP contribution in [0.25, 0.3) is 10.9 Å². The summed E-state index contributed by atoms with van der Waals surface area (Å²) in [6.07, 6.45) is 3.51. The number of hydrogen-bond acceptors (Lipinski definition) is 8. The number of aromatic nitrogens is 2. The first-order chi connectivity index (χ1) is 15.2.